The fourth-order valence-corrected chi connectivity index (χ4v) is 4.82. The molecule has 1 amide bonds. The number of aliphatic hydroxyl groups is 1. The number of nitrogens with zero attached hydrogens (tertiary/aromatic N) is 1. The second-order valence-electron chi connectivity index (χ2n) is 9.04. The summed E-state index contributed by atoms with van der Waals surface area (Å²) in [5.74, 6) is -0.209. The standard InChI is InChI=1S/C30H27NO5/c1-3-14-35-24-11-7-10-21(17-24)27-26(28(32)22-12-13-25-23(16-22)15-19(2)36-25)29(33)30(34)31(27)18-20-8-5-4-6-9-20/h3-13,16-17,19,27,32H,1,14-15,18H2,2H3/t19-,27+/m1/s1. The first-order valence-electron chi connectivity index (χ1n) is 11.9. The van der Waals surface area contributed by atoms with Crippen molar-refractivity contribution in [2.45, 2.75) is 32.0 Å². The minimum Gasteiger partial charge on any atom is -0.507 e. The van der Waals surface area contributed by atoms with Crippen molar-refractivity contribution in [3.05, 3.63) is 113 Å². The lowest BCUT2D eigenvalue weighted by molar-refractivity contribution is -0.140. The van der Waals surface area contributed by atoms with Crippen LogP contribution >= 0.6 is 0 Å². The van der Waals surface area contributed by atoms with Crippen LogP contribution in [0, 0.1) is 0 Å². The van der Waals surface area contributed by atoms with Crippen molar-refractivity contribution in [1.29, 1.82) is 0 Å². The fourth-order valence-electron chi connectivity index (χ4n) is 4.82. The van der Waals surface area contributed by atoms with Crippen molar-refractivity contribution in [3.63, 3.8) is 0 Å². The molecule has 6 heteroatoms. The number of fused-ring (bicyclic) bond motifs is 1. The van der Waals surface area contributed by atoms with E-state index in [1.165, 1.54) is 4.90 Å². The Labute approximate surface area is 210 Å². The number of amides is 1. The molecule has 6 nitrogen and oxygen atoms in total. The molecule has 3 aromatic carbocycles. The van der Waals surface area contributed by atoms with Gasteiger partial charge in [0.2, 0.25) is 0 Å². The Kier molecular flexibility index (Phi) is 6.34. The lowest BCUT2D eigenvalue weighted by atomic mass is 9.94. The van der Waals surface area contributed by atoms with E-state index in [0.29, 0.717) is 29.9 Å². The summed E-state index contributed by atoms with van der Waals surface area (Å²) >= 11 is 0. The van der Waals surface area contributed by atoms with Crippen LogP contribution in [0.2, 0.25) is 0 Å². The molecule has 0 bridgehead atoms. The molecule has 3 aromatic rings. The number of carbonyl (C=O) groups is 2. The zero-order chi connectivity index (χ0) is 25.2. The summed E-state index contributed by atoms with van der Waals surface area (Å²) in [6.07, 6.45) is 2.41. The molecule has 0 aliphatic carbocycles. The average Bonchev–Trinajstić information content (AvgIpc) is 3.39. The number of Topliss-reactive ketones (excluding diaryl/α,β-unsaturated/α-hetero) is 1. The third kappa shape index (κ3) is 4.38. The van der Waals surface area contributed by atoms with E-state index in [2.05, 4.69) is 6.58 Å². The molecule has 0 unspecified atom stereocenters. The predicted octanol–water partition coefficient (Wildman–Crippen LogP) is 5.20. The number of hydrogen-bond donors (Lipinski definition) is 1. The molecule has 5 rings (SSSR count). The summed E-state index contributed by atoms with van der Waals surface area (Å²) in [5, 5.41) is 11.4. The maximum Gasteiger partial charge on any atom is 0.295 e. The third-order valence-electron chi connectivity index (χ3n) is 6.45. The Balaban J connectivity index is 1.62. The molecule has 36 heavy (non-hydrogen) atoms. The van der Waals surface area contributed by atoms with Crippen molar-refractivity contribution in [2.24, 2.45) is 0 Å². The van der Waals surface area contributed by atoms with Gasteiger partial charge in [-0.3, -0.25) is 9.59 Å². The van der Waals surface area contributed by atoms with E-state index in [1.807, 2.05) is 55.5 Å². The molecule has 2 atom stereocenters. The molecule has 2 aliphatic rings. The maximum absolute atomic E-state index is 13.4. The van der Waals surface area contributed by atoms with E-state index < -0.39 is 17.7 Å². The molecule has 0 spiro atoms. The summed E-state index contributed by atoms with van der Waals surface area (Å²) < 4.78 is 11.5. The average molecular weight is 482 g/mol. The van der Waals surface area contributed by atoms with Crippen LogP contribution < -0.4 is 9.47 Å². The fraction of sp³-hybridized carbons (Fsp3) is 0.200. The van der Waals surface area contributed by atoms with Crippen LogP contribution in [0.1, 0.15) is 35.2 Å². The monoisotopic (exact) mass is 481 g/mol. The summed E-state index contributed by atoms with van der Waals surface area (Å²) in [5.41, 5.74) is 3.05. The molecular formula is C30H27NO5. The molecule has 1 fully saturated rings. The number of likely N-dealkylation sites (tertiary alicyclic amines) is 1. The summed E-state index contributed by atoms with van der Waals surface area (Å²) in [7, 11) is 0. The highest BCUT2D eigenvalue weighted by Crippen LogP contribution is 2.42. The second-order valence-corrected chi connectivity index (χ2v) is 9.04. The number of hydrogen-bond acceptors (Lipinski definition) is 5. The largest absolute Gasteiger partial charge is 0.507 e. The first-order valence-corrected chi connectivity index (χ1v) is 11.9. The van der Waals surface area contributed by atoms with Crippen molar-refractivity contribution in [3.8, 4) is 11.5 Å². The minimum absolute atomic E-state index is 0.0483. The van der Waals surface area contributed by atoms with Crippen LogP contribution in [0.15, 0.2) is 91.0 Å². The summed E-state index contributed by atoms with van der Waals surface area (Å²) in [4.78, 5) is 28.2. The molecule has 2 heterocycles. The van der Waals surface area contributed by atoms with Gasteiger partial charge in [0, 0.05) is 18.5 Å². The highest BCUT2D eigenvalue weighted by Gasteiger charge is 2.46. The van der Waals surface area contributed by atoms with E-state index in [-0.39, 0.29) is 24.0 Å². The topological polar surface area (TPSA) is 76.1 Å². The van der Waals surface area contributed by atoms with Crippen LogP contribution in [-0.4, -0.2) is 34.4 Å². The van der Waals surface area contributed by atoms with E-state index in [1.54, 1.807) is 30.3 Å². The lowest BCUT2D eigenvalue weighted by Gasteiger charge is -2.26. The van der Waals surface area contributed by atoms with Gasteiger partial charge in [-0.15, -0.1) is 0 Å². The van der Waals surface area contributed by atoms with Gasteiger partial charge in [0.25, 0.3) is 11.7 Å². The minimum atomic E-state index is -0.777. The normalized spacial score (nSPS) is 20.2. The number of ketones is 1. The summed E-state index contributed by atoms with van der Waals surface area (Å²) in [6.45, 7) is 6.21. The molecule has 182 valence electrons. The van der Waals surface area contributed by atoms with Gasteiger partial charge >= 0.3 is 0 Å². The van der Waals surface area contributed by atoms with Crippen LogP contribution in [0.3, 0.4) is 0 Å². The first-order chi connectivity index (χ1) is 17.5. The Morgan fingerprint density at radius 2 is 1.92 bits per heavy atom. The zero-order valence-corrected chi connectivity index (χ0v) is 20.0. The SMILES string of the molecule is C=CCOc1cccc([C@H]2C(=C(O)c3ccc4c(c3)C[C@@H](C)O4)C(=O)C(=O)N2Cc2ccccc2)c1. The molecule has 2 aliphatic heterocycles. The lowest BCUT2D eigenvalue weighted by Crippen LogP contribution is -2.29. The quantitative estimate of drug-likeness (QED) is 0.217. The molecule has 1 N–H and O–H groups in total. The van der Waals surface area contributed by atoms with Crippen molar-refractivity contribution in [2.75, 3.05) is 6.61 Å². The second kappa shape index (κ2) is 9.74. The van der Waals surface area contributed by atoms with Gasteiger partial charge in [0.15, 0.2) is 0 Å². The first kappa shape index (κ1) is 23.4. The van der Waals surface area contributed by atoms with Crippen molar-refractivity contribution in [1.82, 2.24) is 4.90 Å². The van der Waals surface area contributed by atoms with E-state index >= 15 is 0 Å². The smallest absolute Gasteiger partial charge is 0.295 e. The van der Waals surface area contributed by atoms with E-state index in [0.717, 1.165) is 16.9 Å². The van der Waals surface area contributed by atoms with Gasteiger partial charge in [0.1, 0.15) is 30.0 Å². The number of rotatable bonds is 7. The van der Waals surface area contributed by atoms with Gasteiger partial charge < -0.3 is 19.5 Å². The highest BCUT2D eigenvalue weighted by atomic mass is 16.5. The highest BCUT2D eigenvalue weighted by molar-refractivity contribution is 6.46. The number of ether oxygens (including phenoxy) is 2. The maximum atomic E-state index is 13.4. The zero-order valence-electron chi connectivity index (χ0n) is 20.0. The number of carbonyl (C=O) groups excluding carboxylic acids is 2. The molecule has 0 saturated carbocycles. The van der Waals surface area contributed by atoms with Crippen molar-refractivity contribution >= 4 is 17.4 Å². The predicted molar refractivity (Wildman–Crippen MR) is 137 cm³/mol. The number of aliphatic hydroxyl groups excluding tert-OH is 1. The summed E-state index contributed by atoms with van der Waals surface area (Å²) in [6, 6.07) is 21.3. The van der Waals surface area contributed by atoms with Crippen LogP contribution in [0.5, 0.6) is 11.5 Å². The molecule has 0 radical (unpaired) electrons. The number of benzene rings is 3. The van der Waals surface area contributed by atoms with Crippen LogP contribution in [0.4, 0.5) is 0 Å². The molecule has 1 saturated heterocycles. The Morgan fingerprint density at radius 3 is 2.69 bits per heavy atom. The van der Waals surface area contributed by atoms with E-state index in [4.69, 9.17) is 9.47 Å². The van der Waals surface area contributed by atoms with Gasteiger partial charge in [0.05, 0.1) is 11.6 Å². The van der Waals surface area contributed by atoms with Crippen molar-refractivity contribution < 1.29 is 24.2 Å². The van der Waals surface area contributed by atoms with Gasteiger partial charge in [-0.25, -0.2) is 0 Å². The van der Waals surface area contributed by atoms with Gasteiger partial charge in [-0.2, -0.15) is 0 Å². The Hall–Kier alpha value is -4.32. The van der Waals surface area contributed by atoms with E-state index in [9.17, 15) is 14.7 Å². The molecular weight excluding hydrogens is 454 g/mol. The third-order valence-corrected chi connectivity index (χ3v) is 6.45. The van der Waals surface area contributed by atoms with Gasteiger partial charge in [-0.1, -0.05) is 55.1 Å². The van der Waals surface area contributed by atoms with Crippen LogP contribution in [0.25, 0.3) is 5.76 Å². The van der Waals surface area contributed by atoms with Gasteiger partial charge in [-0.05, 0) is 53.9 Å². The Morgan fingerprint density at radius 1 is 1.11 bits per heavy atom. The van der Waals surface area contributed by atoms with Crippen LogP contribution in [-0.2, 0) is 22.6 Å². The Bertz CT molecular complexity index is 1360. The molecule has 0 aromatic heterocycles.